The van der Waals surface area contributed by atoms with Crippen LogP contribution >= 0.6 is 0 Å². The number of phenolic OH excluding ortho intramolecular Hbond substituents is 1. The van der Waals surface area contributed by atoms with Crippen molar-refractivity contribution in [1.82, 2.24) is 10.2 Å². The fourth-order valence-electron chi connectivity index (χ4n) is 2.95. The van der Waals surface area contributed by atoms with Crippen LogP contribution in [0.4, 0.5) is 4.79 Å². The number of ether oxygens (including phenoxy) is 2. The number of aromatic hydroxyl groups is 1. The summed E-state index contributed by atoms with van der Waals surface area (Å²) < 4.78 is 11.2. The molecule has 1 heterocycles. The molecule has 0 aromatic heterocycles. The zero-order valence-corrected chi connectivity index (χ0v) is 15.7. The summed E-state index contributed by atoms with van der Waals surface area (Å²) in [5, 5.41) is 12.1. The van der Waals surface area contributed by atoms with Gasteiger partial charge in [-0.3, -0.25) is 4.79 Å². The molecule has 0 spiro atoms. The van der Waals surface area contributed by atoms with E-state index in [0.717, 1.165) is 5.56 Å². The Hall–Kier alpha value is -3.06. The van der Waals surface area contributed by atoms with Gasteiger partial charge in [0.05, 0.1) is 19.3 Å². The minimum atomic E-state index is -0.394. The standard InChI is InChI=1S/C21H24N2O5/c1-15(16-5-3-2-4-6-16)28-21(26)23-11-12-27-19(14-23)13-22-20(25)17-7-9-18(24)10-8-17/h2-10,15,19,24H,11-14H2,1H3,(H,22,25)/t15-,19?/m0/s1. The Kier molecular flexibility index (Phi) is 6.49. The van der Waals surface area contributed by atoms with Crippen molar-refractivity contribution in [2.24, 2.45) is 0 Å². The maximum absolute atomic E-state index is 12.5. The molecule has 3 rings (SSSR count). The minimum Gasteiger partial charge on any atom is -0.508 e. The molecule has 1 aliphatic heterocycles. The summed E-state index contributed by atoms with van der Waals surface area (Å²) in [6.07, 6.45) is -1.05. The molecule has 7 heteroatoms. The molecule has 0 bridgehead atoms. The molecule has 28 heavy (non-hydrogen) atoms. The number of rotatable bonds is 5. The molecule has 0 aliphatic carbocycles. The Bertz CT molecular complexity index is 794. The van der Waals surface area contributed by atoms with Crippen LogP contribution in [0.15, 0.2) is 54.6 Å². The van der Waals surface area contributed by atoms with Crippen LogP contribution in [0.5, 0.6) is 5.75 Å². The average Bonchev–Trinajstić information content (AvgIpc) is 2.73. The van der Waals surface area contributed by atoms with Crippen LogP contribution in [0.2, 0.25) is 0 Å². The van der Waals surface area contributed by atoms with Crippen molar-refractivity contribution in [2.45, 2.75) is 19.1 Å². The molecule has 2 N–H and O–H groups in total. The third-order valence-corrected chi connectivity index (χ3v) is 4.56. The van der Waals surface area contributed by atoms with Gasteiger partial charge < -0.3 is 24.8 Å². The Balaban J connectivity index is 1.48. The van der Waals surface area contributed by atoms with E-state index in [9.17, 15) is 14.7 Å². The topological polar surface area (TPSA) is 88.1 Å². The lowest BCUT2D eigenvalue weighted by atomic mass is 10.1. The van der Waals surface area contributed by atoms with Crippen LogP contribution < -0.4 is 5.32 Å². The van der Waals surface area contributed by atoms with Crippen molar-refractivity contribution in [3.63, 3.8) is 0 Å². The summed E-state index contributed by atoms with van der Waals surface area (Å²) in [5.74, 6) is -0.160. The van der Waals surface area contributed by atoms with Gasteiger partial charge in [-0.15, -0.1) is 0 Å². The van der Waals surface area contributed by atoms with Crippen molar-refractivity contribution in [1.29, 1.82) is 0 Å². The SMILES string of the molecule is C[C@H](OC(=O)N1CCOC(CNC(=O)c2ccc(O)cc2)C1)c1ccccc1. The van der Waals surface area contributed by atoms with E-state index in [-0.39, 0.29) is 30.4 Å². The quantitative estimate of drug-likeness (QED) is 0.828. The van der Waals surface area contributed by atoms with E-state index in [4.69, 9.17) is 9.47 Å². The largest absolute Gasteiger partial charge is 0.508 e. The fourth-order valence-corrected chi connectivity index (χ4v) is 2.95. The molecule has 1 saturated heterocycles. The molecule has 0 radical (unpaired) electrons. The maximum Gasteiger partial charge on any atom is 0.410 e. The van der Waals surface area contributed by atoms with Gasteiger partial charge in [0.25, 0.3) is 5.91 Å². The highest BCUT2D eigenvalue weighted by molar-refractivity contribution is 5.94. The average molecular weight is 384 g/mol. The molecule has 1 unspecified atom stereocenters. The maximum atomic E-state index is 12.5. The monoisotopic (exact) mass is 384 g/mol. The van der Waals surface area contributed by atoms with E-state index >= 15 is 0 Å². The van der Waals surface area contributed by atoms with Crippen LogP contribution in [0, 0.1) is 0 Å². The molecule has 2 amide bonds. The molecular weight excluding hydrogens is 360 g/mol. The first-order chi connectivity index (χ1) is 13.5. The number of morpholine rings is 1. The summed E-state index contributed by atoms with van der Waals surface area (Å²) in [7, 11) is 0. The molecule has 1 aliphatic rings. The second kappa shape index (κ2) is 9.23. The van der Waals surface area contributed by atoms with Gasteiger partial charge in [-0.2, -0.15) is 0 Å². The lowest BCUT2D eigenvalue weighted by molar-refractivity contribution is -0.0306. The van der Waals surface area contributed by atoms with E-state index < -0.39 is 6.09 Å². The number of amides is 2. The number of nitrogens with one attached hydrogen (secondary N) is 1. The first-order valence-electron chi connectivity index (χ1n) is 9.22. The van der Waals surface area contributed by atoms with E-state index in [1.807, 2.05) is 37.3 Å². The van der Waals surface area contributed by atoms with Crippen LogP contribution in [0.3, 0.4) is 0 Å². The van der Waals surface area contributed by atoms with Crippen LogP contribution in [-0.2, 0) is 9.47 Å². The lowest BCUT2D eigenvalue weighted by Crippen LogP contribution is -2.49. The Morgan fingerprint density at radius 2 is 1.93 bits per heavy atom. The molecule has 7 nitrogen and oxygen atoms in total. The predicted molar refractivity (Wildman–Crippen MR) is 103 cm³/mol. The number of hydrogen-bond donors (Lipinski definition) is 2. The summed E-state index contributed by atoms with van der Waals surface area (Å²) in [6.45, 7) is 3.29. The second-order valence-electron chi connectivity index (χ2n) is 6.63. The normalized spacial score (nSPS) is 17.6. The minimum absolute atomic E-state index is 0.103. The number of carbonyl (C=O) groups is 2. The molecule has 2 aromatic rings. The summed E-state index contributed by atoms with van der Waals surface area (Å²) >= 11 is 0. The van der Waals surface area contributed by atoms with Gasteiger partial charge >= 0.3 is 6.09 Å². The van der Waals surface area contributed by atoms with Gasteiger partial charge in [0, 0.05) is 18.7 Å². The molecular formula is C21H24N2O5. The highest BCUT2D eigenvalue weighted by Gasteiger charge is 2.27. The van der Waals surface area contributed by atoms with Gasteiger partial charge in [-0.05, 0) is 36.8 Å². The Labute approximate surface area is 163 Å². The van der Waals surface area contributed by atoms with Gasteiger partial charge in [-0.1, -0.05) is 30.3 Å². The van der Waals surface area contributed by atoms with Crippen LogP contribution in [-0.4, -0.2) is 54.4 Å². The fraction of sp³-hybridized carbons (Fsp3) is 0.333. The first-order valence-corrected chi connectivity index (χ1v) is 9.22. The van der Waals surface area contributed by atoms with Crippen molar-refractivity contribution in [3.8, 4) is 5.75 Å². The number of hydrogen-bond acceptors (Lipinski definition) is 5. The molecule has 2 atom stereocenters. The van der Waals surface area contributed by atoms with E-state index in [1.54, 1.807) is 17.0 Å². The second-order valence-corrected chi connectivity index (χ2v) is 6.63. The highest BCUT2D eigenvalue weighted by Crippen LogP contribution is 2.18. The smallest absolute Gasteiger partial charge is 0.410 e. The number of carbonyl (C=O) groups excluding carboxylic acids is 2. The van der Waals surface area contributed by atoms with Gasteiger partial charge in [0.15, 0.2) is 0 Å². The molecule has 1 fully saturated rings. The zero-order valence-electron chi connectivity index (χ0n) is 15.7. The third-order valence-electron chi connectivity index (χ3n) is 4.56. The van der Waals surface area contributed by atoms with E-state index in [2.05, 4.69) is 5.32 Å². The Morgan fingerprint density at radius 3 is 2.64 bits per heavy atom. The van der Waals surface area contributed by atoms with Gasteiger partial charge in [-0.25, -0.2) is 4.79 Å². The van der Waals surface area contributed by atoms with Crippen molar-refractivity contribution < 1.29 is 24.2 Å². The molecule has 2 aromatic carbocycles. The van der Waals surface area contributed by atoms with Crippen LogP contribution in [0.25, 0.3) is 0 Å². The summed E-state index contributed by atoms with van der Waals surface area (Å²) in [4.78, 5) is 26.2. The predicted octanol–water partition coefficient (Wildman–Crippen LogP) is 2.72. The molecule has 148 valence electrons. The van der Waals surface area contributed by atoms with E-state index in [1.165, 1.54) is 12.1 Å². The third kappa shape index (κ3) is 5.23. The number of benzene rings is 2. The number of nitrogens with zero attached hydrogens (tertiary/aromatic N) is 1. The van der Waals surface area contributed by atoms with Gasteiger partial charge in [0.1, 0.15) is 11.9 Å². The number of phenols is 1. The lowest BCUT2D eigenvalue weighted by Gasteiger charge is -2.33. The zero-order chi connectivity index (χ0) is 19.9. The summed E-state index contributed by atoms with van der Waals surface area (Å²) in [6, 6.07) is 15.6. The van der Waals surface area contributed by atoms with Gasteiger partial charge in [0.2, 0.25) is 0 Å². The van der Waals surface area contributed by atoms with Crippen molar-refractivity contribution in [3.05, 3.63) is 65.7 Å². The Morgan fingerprint density at radius 1 is 1.21 bits per heavy atom. The van der Waals surface area contributed by atoms with Crippen molar-refractivity contribution >= 4 is 12.0 Å². The summed E-state index contributed by atoms with van der Waals surface area (Å²) in [5.41, 5.74) is 1.38. The van der Waals surface area contributed by atoms with E-state index in [0.29, 0.717) is 25.3 Å². The molecule has 0 saturated carbocycles. The van der Waals surface area contributed by atoms with Crippen LogP contribution in [0.1, 0.15) is 28.9 Å². The highest BCUT2D eigenvalue weighted by atomic mass is 16.6. The van der Waals surface area contributed by atoms with Crippen molar-refractivity contribution in [2.75, 3.05) is 26.2 Å². The first kappa shape index (κ1) is 19.7.